The Morgan fingerprint density at radius 3 is 2.12 bits per heavy atom. The molecular weight excluding hydrogens is 520 g/mol. The summed E-state index contributed by atoms with van der Waals surface area (Å²) >= 11 is 0. The first-order valence-corrected chi connectivity index (χ1v) is 14.1. The summed E-state index contributed by atoms with van der Waals surface area (Å²) in [6.45, 7) is 10.9. The summed E-state index contributed by atoms with van der Waals surface area (Å²) in [7, 11) is 0. The van der Waals surface area contributed by atoms with Crippen LogP contribution in [0.5, 0.6) is 0 Å². The summed E-state index contributed by atoms with van der Waals surface area (Å²) in [5.41, 5.74) is 2.20. The van der Waals surface area contributed by atoms with Gasteiger partial charge in [0.2, 0.25) is 0 Å². The highest BCUT2D eigenvalue weighted by molar-refractivity contribution is 5.87. The van der Waals surface area contributed by atoms with E-state index in [0.717, 1.165) is 22.1 Å². The molecule has 0 aliphatic carbocycles. The molecule has 0 saturated carbocycles. The Hall–Kier alpha value is -3.91. The molecule has 3 aromatic rings. The summed E-state index contributed by atoms with van der Waals surface area (Å²) in [4.78, 5) is 39.9. The molecule has 2 atom stereocenters. The molecule has 0 radical (unpaired) electrons. The predicted octanol–water partition coefficient (Wildman–Crippen LogP) is 5.35. The number of ether oxygens (including phenoxy) is 2. The molecule has 0 fully saturated rings. The Bertz CT molecular complexity index is 1330. The standard InChI is InChI=1S/C33H42N2O6/c1-7-40-31(38)29(36)21-35(20-22(2)3)32(39)34-28(30(37)41-33(4,5)6)18-23-12-14-25(15-13-23)27-17-16-24-10-8-9-11-26(24)19-27/h8-17,19,22,28-29,36H,7,18,20-21H2,1-6H3,(H,34,39). The van der Waals surface area contributed by atoms with E-state index >= 15 is 0 Å². The molecule has 8 nitrogen and oxygen atoms in total. The number of benzene rings is 3. The van der Waals surface area contributed by atoms with Gasteiger partial charge in [0.25, 0.3) is 0 Å². The van der Waals surface area contributed by atoms with Crippen LogP contribution in [0, 0.1) is 5.92 Å². The largest absolute Gasteiger partial charge is 0.464 e. The van der Waals surface area contributed by atoms with Crippen LogP contribution in [-0.4, -0.2) is 65.4 Å². The van der Waals surface area contributed by atoms with Crippen LogP contribution in [0.15, 0.2) is 66.7 Å². The lowest BCUT2D eigenvalue weighted by Crippen LogP contribution is -2.53. The fourth-order valence-electron chi connectivity index (χ4n) is 4.45. The molecular formula is C33H42N2O6. The second-order valence-electron chi connectivity index (χ2n) is 11.6. The first-order chi connectivity index (χ1) is 19.4. The van der Waals surface area contributed by atoms with Crippen molar-refractivity contribution in [3.63, 3.8) is 0 Å². The molecule has 41 heavy (non-hydrogen) atoms. The van der Waals surface area contributed by atoms with Crippen LogP contribution < -0.4 is 5.32 Å². The smallest absolute Gasteiger partial charge is 0.336 e. The molecule has 0 aliphatic rings. The molecule has 0 bridgehead atoms. The van der Waals surface area contributed by atoms with Crippen molar-refractivity contribution >= 4 is 28.7 Å². The van der Waals surface area contributed by atoms with Crippen LogP contribution in [0.1, 0.15) is 47.1 Å². The maximum Gasteiger partial charge on any atom is 0.336 e. The van der Waals surface area contributed by atoms with Crippen LogP contribution in [0.4, 0.5) is 4.79 Å². The Morgan fingerprint density at radius 2 is 1.51 bits per heavy atom. The number of aliphatic hydroxyl groups excluding tert-OH is 1. The van der Waals surface area contributed by atoms with Crippen molar-refractivity contribution in [3.05, 3.63) is 72.3 Å². The van der Waals surface area contributed by atoms with E-state index in [0.29, 0.717) is 0 Å². The molecule has 0 spiro atoms. The number of fused-ring (bicyclic) bond motifs is 1. The van der Waals surface area contributed by atoms with E-state index in [1.54, 1.807) is 27.7 Å². The lowest BCUT2D eigenvalue weighted by Gasteiger charge is -2.30. The second-order valence-corrected chi connectivity index (χ2v) is 11.6. The summed E-state index contributed by atoms with van der Waals surface area (Å²) in [5, 5.41) is 15.4. The molecule has 3 rings (SSSR count). The zero-order chi connectivity index (χ0) is 30.2. The molecule has 0 heterocycles. The van der Waals surface area contributed by atoms with E-state index < -0.39 is 35.7 Å². The number of nitrogens with one attached hydrogen (secondary N) is 1. The van der Waals surface area contributed by atoms with E-state index in [1.165, 1.54) is 10.3 Å². The Morgan fingerprint density at radius 1 is 0.878 bits per heavy atom. The summed E-state index contributed by atoms with van der Waals surface area (Å²) < 4.78 is 10.5. The highest BCUT2D eigenvalue weighted by atomic mass is 16.6. The maximum absolute atomic E-state index is 13.4. The Balaban J connectivity index is 1.80. The molecule has 2 N–H and O–H groups in total. The minimum absolute atomic E-state index is 0.0535. The summed E-state index contributed by atoms with van der Waals surface area (Å²) in [5.74, 6) is -1.32. The number of urea groups is 1. The van der Waals surface area contributed by atoms with Gasteiger partial charge in [-0.3, -0.25) is 0 Å². The molecule has 0 aliphatic heterocycles. The number of hydrogen-bond acceptors (Lipinski definition) is 6. The van der Waals surface area contributed by atoms with Gasteiger partial charge in [-0.1, -0.05) is 74.5 Å². The highest BCUT2D eigenvalue weighted by Crippen LogP contribution is 2.25. The van der Waals surface area contributed by atoms with E-state index in [2.05, 4.69) is 35.6 Å². The average molecular weight is 563 g/mol. The molecule has 2 unspecified atom stereocenters. The average Bonchev–Trinajstić information content (AvgIpc) is 2.91. The number of amides is 2. The van der Waals surface area contributed by atoms with Gasteiger partial charge in [0.15, 0.2) is 6.10 Å². The number of rotatable bonds is 11. The van der Waals surface area contributed by atoms with Crippen molar-refractivity contribution in [2.24, 2.45) is 5.92 Å². The normalized spacial score (nSPS) is 13.0. The predicted molar refractivity (Wildman–Crippen MR) is 160 cm³/mol. The van der Waals surface area contributed by atoms with Gasteiger partial charge in [0, 0.05) is 13.0 Å². The third-order valence-corrected chi connectivity index (χ3v) is 6.29. The summed E-state index contributed by atoms with van der Waals surface area (Å²) in [6.07, 6.45) is -1.30. The lowest BCUT2D eigenvalue weighted by atomic mass is 9.98. The number of hydrogen-bond donors (Lipinski definition) is 2. The van der Waals surface area contributed by atoms with Crippen LogP contribution in [0.2, 0.25) is 0 Å². The van der Waals surface area contributed by atoms with E-state index in [9.17, 15) is 19.5 Å². The third kappa shape index (κ3) is 9.60. The molecule has 3 aromatic carbocycles. The monoisotopic (exact) mass is 562 g/mol. The number of esters is 2. The lowest BCUT2D eigenvalue weighted by molar-refractivity contribution is -0.157. The van der Waals surface area contributed by atoms with Gasteiger partial charge in [0.1, 0.15) is 11.6 Å². The number of carbonyl (C=O) groups excluding carboxylic acids is 3. The molecule has 2 amide bonds. The topological polar surface area (TPSA) is 105 Å². The number of aliphatic hydroxyl groups is 1. The van der Waals surface area contributed by atoms with Gasteiger partial charge in [-0.15, -0.1) is 0 Å². The Kier molecular flexibility index (Phi) is 10.9. The van der Waals surface area contributed by atoms with Crippen molar-refractivity contribution < 1.29 is 29.0 Å². The SMILES string of the molecule is CCOC(=O)C(O)CN(CC(C)C)C(=O)NC(Cc1ccc(-c2ccc3ccccc3c2)cc1)C(=O)OC(C)(C)C. The second kappa shape index (κ2) is 14.1. The van der Waals surface area contributed by atoms with Gasteiger partial charge in [-0.05, 0) is 67.1 Å². The van der Waals surface area contributed by atoms with Crippen LogP contribution >= 0.6 is 0 Å². The van der Waals surface area contributed by atoms with Gasteiger partial charge < -0.3 is 24.8 Å². The van der Waals surface area contributed by atoms with Crippen molar-refractivity contribution in [1.29, 1.82) is 0 Å². The highest BCUT2D eigenvalue weighted by Gasteiger charge is 2.30. The zero-order valence-corrected chi connectivity index (χ0v) is 24.8. The van der Waals surface area contributed by atoms with E-state index in [1.807, 2.05) is 50.2 Å². The third-order valence-electron chi connectivity index (χ3n) is 6.29. The van der Waals surface area contributed by atoms with Crippen molar-refractivity contribution in [2.75, 3.05) is 19.7 Å². The minimum atomic E-state index is -1.50. The quantitative estimate of drug-likeness (QED) is 0.305. The van der Waals surface area contributed by atoms with Crippen molar-refractivity contribution in [3.8, 4) is 11.1 Å². The Labute approximate surface area is 242 Å². The van der Waals surface area contributed by atoms with Crippen molar-refractivity contribution in [2.45, 2.75) is 65.7 Å². The van der Waals surface area contributed by atoms with Gasteiger partial charge in [-0.2, -0.15) is 0 Å². The first kappa shape index (κ1) is 31.6. The molecule has 0 aromatic heterocycles. The van der Waals surface area contributed by atoms with Gasteiger partial charge >= 0.3 is 18.0 Å². The fourth-order valence-corrected chi connectivity index (χ4v) is 4.45. The minimum Gasteiger partial charge on any atom is -0.464 e. The maximum atomic E-state index is 13.4. The van der Waals surface area contributed by atoms with Gasteiger partial charge in [-0.25, -0.2) is 14.4 Å². The summed E-state index contributed by atoms with van der Waals surface area (Å²) in [6, 6.07) is 20.8. The zero-order valence-electron chi connectivity index (χ0n) is 24.8. The van der Waals surface area contributed by atoms with E-state index in [4.69, 9.17) is 9.47 Å². The van der Waals surface area contributed by atoms with Crippen LogP contribution in [0.3, 0.4) is 0 Å². The van der Waals surface area contributed by atoms with E-state index in [-0.39, 0.29) is 32.0 Å². The van der Waals surface area contributed by atoms with Crippen LogP contribution in [0.25, 0.3) is 21.9 Å². The number of carbonyl (C=O) groups is 3. The van der Waals surface area contributed by atoms with Gasteiger partial charge in [0.05, 0.1) is 13.2 Å². The fraction of sp³-hybridized carbons (Fsp3) is 0.424. The molecule has 0 saturated heterocycles. The number of nitrogens with zero attached hydrogens (tertiary/aromatic N) is 1. The van der Waals surface area contributed by atoms with Crippen LogP contribution in [-0.2, 0) is 25.5 Å². The van der Waals surface area contributed by atoms with Crippen molar-refractivity contribution in [1.82, 2.24) is 10.2 Å². The molecule has 220 valence electrons. The first-order valence-electron chi connectivity index (χ1n) is 14.1. The molecule has 8 heteroatoms.